The maximum atomic E-state index is 12.7. The van der Waals surface area contributed by atoms with Crippen LogP contribution in [0.5, 0.6) is 0 Å². The molecule has 25 heavy (non-hydrogen) atoms. The van der Waals surface area contributed by atoms with Crippen molar-refractivity contribution in [2.75, 3.05) is 32.7 Å². The summed E-state index contributed by atoms with van der Waals surface area (Å²) in [4.78, 5) is 42.4. The van der Waals surface area contributed by atoms with Crippen LogP contribution < -0.4 is 0 Å². The molecule has 3 fully saturated rings. The predicted molar refractivity (Wildman–Crippen MR) is 88.1 cm³/mol. The van der Waals surface area contributed by atoms with Crippen LogP contribution in [-0.4, -0.2) is 65.1 Å². The Morgan fingerprint density at radius 2 is 1.68 bits per heavy atom. The Balaban J connectivity index is 1.29. The standard InChI is InChI=1S/C18H23N3O4/c22-16-10-14(11-21(16)12-15-2-1-9-25-15)18(24)20-7-5-19(6-8-20)17(23)13-3-4-13/h1-2,9,13-14H,3-8,10-12H2/t14-/m0/s1. The van der Waals surface area contributed by atoms with E-state index < -0.39 is 0 Å². The molecule has 0 aromatic carbocycles. The summed E-state index contributed by atoms with van der Waals surface area (Å²) in [6.07, 6.45) is 3.86. The normalized spacial score (nSPS) is 24.1. The molecule has 134 valence electrons. The Hall–Kier alpha value is -2.31. The average molecular weight is 345 g/mol. The highest BCUT2D eigenvalue weighted by atomic mass is 16.3. The third kappa shape index (κ3) is 3.41. The van der Waals surface area contributed by atoms with Gasteiger partial charge >= 0.3 is 0 Å². The molecule has 0 spiro atoms. The number of hydrogen-bond acceptors (Lipinski definition) is 4. The Kier molecular flexibility index (Phi) is 4.23. The molecule has 3 aliphatic rings. The zero-order valence-corrected chi connectivity index (χ0v) is 14.2. The van der Waals surface area contributed by atoms with Crippen LogP contribution in [0.4, 0.5) is 0 Å². The highest BCUT2D eigenvalue weighted by molar-refractivity contribution is 5.89. The average Bonchev–Trinajstić information content (AvgIpc) is 3.24. The van der Waals surface area contributed by atoms with E-state index in [1.54, 1.807) is 17.2 Å². The summed E-state index contributed by atoms with van der Waals surface area (Å²) in [5.41, 5.74) is 0. The van der Waals surface area contributed by atoms with Crippen LogP contribution in [0.1, 0.15) is 25.0 Å². The van der Waals surface area contributed by atoms with Crippen LogP contribution in [-0.2, 0) is 20.9 Å². The summed E-state index contributed by atoms with van der Waals surface area (Å²) in [7, 11) is 0. The molecule has 2 saturated heterocycles. The Bertz CT molecular complexity index is 660. The molecule has 3 amide bonds. The van der Waals surface area contributed by atoms with Crippen molar-refractivity contribution in [1.82, 2.24) is 14.7 Å². The van der Waals surface area contributed by atoms with Gasteiger partial charge in [-0.2, -0.15) is 0 Å². The molecule has 3 heterocycles. The summed E-state index contributed by atoms with van der Waals surface area (Å²) >= 11 is 0. The van der Waals surface area contributed by atoms with E-state index in [2.05, 4.69) is 0 Å². The van der Waals surface area contributed by atoms with Crippen molar-refractivity contribution in [1.29, 1.82) is 0 Å². The van der Waals surface area contributed by atoms with Gasteiger partial charge in [0, 0.05) is 45.1 Å². The van der Waals surface area contributed by atoms with Gasteiger partial charge in [-0.15, -0.1) is 0 Å². The number of amides is 3. The topological polar surface area (TPSA) is 74.1 Å². The molecule has 1 aromatic rings. The van der Waals surface area contributed by atoms with Crippen LogP contribution >= 0.6 is 0 Å². The molecule has 0 radical (unpaired) electrons. The summed E-state index contributed by atoms with van der Waals surface area (Å²) in [5.74, 6) is 0.950. The molecule has 1 saturated carbocycles. The van der Waals surface area contributed by atoms with Crippen molar-refractivity contribution in [3.05, 3.63) is 24.2 Å². The van der Waals surface area contributed by atoms with E-state index in [4.69, 9.17) is 4.42 Å². The molecule has 1 aromatic heterocycles. The summed E-state index contributed by atoms with van der Waals surface area (Å²) in [6.45, 7) is 3.22. The molecule has 0 bridgehead atoms. The Morgan fingerprint density at radius 3 is 2.24 bits per heavy atom. The highest BCUT2D eigenvalue weighted by Gasteiger charge is 2.39. The van der Waals surface area contributed by atoms with Crippen LogP contribution in [0.2, 0.25) is 0 Å². The molecule has 0 unspecified atom stereocenters. The molecule has 4 rings (SSSR count). The van der Waals surface area contributed by atoms with E-state index in [-0.39, 0.29) is 36.0 Å². The van der Waals surface area contributed by atoms with Crippen LogP contribution in [0.3, 0.4) is 0 Å². The molecule has 1 atom stereocenters. The third-order valence-corrected chi connectivity index (χ3v) is 5.32. The van der Waals surface area contributed by atoms with Crippen molar-refractivity contribution in [3.8, 4) is 0 Å². The van der Waals surface area contributed by atoms with Gasteiger partial charge < -0.3 is 19.1 Å². The first kappa shape index (κ1) is 16.2. The van der Waals surface area contributed by atoms with Gasteiger partial charge in [-0.1, -0.05) is 0 Å². The van der Waals surface area contributed by atoms with Crippen LogP contribution in [0.25, 0.3) is 0 Å². The van der Waals surface area contributed by atoms with E-state index in [0.717, 1.165) is 18.6 Å². The smallest absolute Gasteiger partial charge is 0.228 e. The molecular weight excluding hydrogens is 322 g/mol. The lowest BCUT2D eigenvalue weighted by Gasteiger charge is -2.36. The molecular formula is C18H23N3O4. The number of piperazine rings is 1. The number of furan rings is 1. The molecule has 1 aliphatic carbocycles. The van der Waals surface area contributed by atoms with E-state index >= 15 is 0 Å². The first-order valence-corrected chi connectivity index (χ1v) is 8.99. The fraction of sp³-hybridized carbons (Fsp3) is 0.611. The summed E-state index contributed by atoms with van der Waals surface area (Å²) in [5, 5.41) is 0. The monoisotopic (exact) mass is 345 g/mol. The Morgan fingerprint density at radius 1 is 1.04 bits per heavy atom. The second-order valence-electron chi connectivity index (χ2n) is 7.18. The van der Waals surface area contributed by atoms with Crippen molar-refractivity contribution in [3.63, 3.8) is 0 Å². The van der Waals surface area contributed by atoms with Gasteiger partial charge in [0.2, 0.25) is 17.7 Å². The Labute approximate surface area is 146 Å². The van der Waals surface area contributed by atoms with E-state index in [1.807, 2.05) is 15.9 Å². The van der Waals surface area contributed by atoms with Gasteiger partial charge in [0.1, 0.15) is 5.76 Å². The largest absolute Gasteiger partial charge is 0.467 e. The van der Waals surface area contributed by atoms with E-state index in [9.17, 15) is 14.4 Å². The van der Waals surface area contributed by atoms with Gasteiger partial charge in [-0.05, 0) is 25.0 Å². The lowest BCUT2D eigenvalue weighted by molar-refractivity contribution is -0.142. The highest BCUT2D eigenvalue weighted by Crippen LogP contribution is 2.31. The third-order valence-electron chi connectivity index (χ3n) is 5.32. The van der Waals surface area contributed by atoms with Gasteiger partial charge in [0.05, 0.1) is 18.7 Å². The number of hydrogen-bond donors (Lipinski definition) is 0. The van der Waals surface area contributed by atoms with Gasteiger partial charge in [0.15, 0.2) is 0 Å². The fourth-order valence-corrected chi connectivity index (χ4v) is 3.67. The molecule has 7 heteroatoms. The predicted octanol–water partition coefficient (Wildman–Crippen LogP) is 0.709. The quantitative estimate of drug-likeness (QED) is 0.805. The van der Waals surface area contributed by atoms with Gasteiger partial charge in [0.25, 0.3) is 0 Å². The fourth-order valence-electron chi connectivity index (χ4n) is 3.67. The first-order chi connectivity index (χ1) is 12.1. The number of carbonyl (C=O) groups is 3. The lowest BCUT2D eigenvalue weighted by atomic mass is 10.1. The second kappa shape index (κ2) is 6.54. The first-order valence-electron chi connectivity index (χ1n) is 8.99. The maximum Gasteiger partial charge on any atom is 0.228 e. The second-order valence-corrected chi connectivity index (χ2v) is 7.18. The minimum atomic E-state index is -0.284. The van der Waals surface area contributed by atoms with Crippen LogP contribution in [0.15, 0.2) is 22.8 Å². The van der Waals surface area contributed by atoms with Gasteiger partial charge in [-0.25, -0.2) is 0 Å². The number of likely N-dealkylation sites (tertiary alicyclic amines) is 1. The molecule has 0 N–H and O–H groups in total. The molecule has 2 aliphatic heterocycles. The maximum absolute atomic E-state index is 12.7. The van der Waals surface area contributed by atoms with Crippen molar-refractivity contribution in [2.45, 2.75) is 25.8 Å². The summed E-state index contributed by atoms with van der Waals surface area (Å²) < 4.78 is 5.29. The zero-order valence-electron chi connectivity index (χ0n) is 14.2. The lowest BCUT2D eigenvalue weighted by Crippen LogP contribution is -2.52. The summed E-state index contributed by atoms with van der Waals surface area (Å²) in [6, 6.07) is 3.62. The van der Waals surface area contributed by atoms with E-state index in [0.29, 0.717) is 39.3 Å². The van der Waals surface area contributed by atoms with Crippen molar-refractivity contribution in [2.24, 2.45) is 11.8 Å². The SMILES string of the molecule is O=C1C[C@H](C(=O)N2CCN(C(=O)C3CC3)CC2)CN1Cc1ccco1. The minimum Gasteiger partial charge on any atom is -0.467 e. The molecule has 7 nitrogen and oxygen atoms in total. The van der Waals surface area contributed by atoms with Crippen molar-refractivity contribution < 1.29 is 18.8 Å². The number of carbonyl (C=O) groups excluding carboxylic acids is 3. The number of nitrogens with zero attached hydrogens (tertiary/aromatic N) is 3. The van der Waals surface area contributed by atoms with Crippen LogP contribution in [0, 0.1) is 11.8 Å². The number of rotatable bonds is 4. The zero-order chi connectivity index (χ0) is 17.4. The minimum absolute atomic E-state index is 0.00250. The van der Waals surface area contributed by atoms with Gasteiger partial charge in [-0.3, -0.25) is 14.4 Å². The van der Waals surface area contributed by atoms with E-state index in [1.165, 1.54) is 0 Å². The van der Waals surface area contributed by atoms with Crippen molar-refractivity contribution >= 4 is 17.7 Å².